The molecule has 0 saturated carbocycles. The molecule has 0 spiro atoms. The van der Waals surface area contributed by atoms with Gasteiger partial charge in [-0.2, -0.15) is 0 Å². The Morgan fingerprint density at radius 3 is 2.13 bits per heavy atom. The zero-order valence-electron chi connectivity index (χ0n) is 8.24. The molecule has 0 aliphatic carbocycles. The molecular weight excluding hydrogens is 311 g/mol. The highest BCUT2D eigenvalue weighted by Crippen LogP contribution is 2.29. The van der Waals surface area contributed by atoms with Gasteiger partial charge in [0.1, 0.15) is 0 Å². The maximum absolute atomic E-state index is 10.8. The number of hydrogen-bond acceptors (Lipinski definition) is 4. The van der Waals surface area contributed by atoms with Crippen LogP contribution in [-0.2, 0) is 9.59 Å². The summed E-state index contributed by atoms with van der Waals surface area (Å²) in [4.78, 5) is 21.6. The Labute approximate surface area is 101 Å². The number of halogens is 1. The van der Waals surface area contributed by atoms with E-state index in [0.29, 0.717) is 0 Å². The molecular formula is C10H9IO4. The van der Waals surface area contributed by atoms with E-state index >= 15 is 0 Å². The van der Waals surface area contributed by atoms with Gasteiger partial charge in [0, 0.05) is 17.4 Å². The Balaban J connectivity index is 3.02. The number of benzene rings is 1. The summed E-state index contributed by atoms with van der Waals surface area (Å²) in [5.74, 6) is -0.405. The van der Waals surface area contributed by atoms with Crippen LogP contribution in [0.1, 0.15) is 13.8 Å². The van der Waals surface area contributed by atoms with E-state index in [2.05, 4.69) is 22.6 Å². The molecule has 1 aromatic carbocycles. The normalized spacial score (nSPS) is 9.53. The third-order valence-electron chi connectivity index (χ3n) is 1.41. The minimum Gasteiger partial charge on any atom is -0.423 e. The smallest absolute Gasteiger partial charge is 0.308 e. The fourth-order valence-electron chi connectivity index (χ4n) is 0.956. The first kappa shape index (κ1) is 12.0. The zero-order valence-corrected chi connectivity index (χ0v) is 10.4. The summed E-state index contributed by atoms with van der Waals surface area (Å²) in [6.07, 6.45) is 0. The average Bonchev–Trinajstić information content (AvgIpc) is 2.08. The highest BCUT2D eigenvalue weighted by Gasteiger charge is 2.09. The summed E-state index contributed by atoms with van der Waals surface area (Å²) in [5, 5.41) is 0. The van der Waals surface area contributed by atoms with Crippen LogP contribution in [0, 0.1) is 3.57 Å². The molecule has 0 aliphatic heterocycles. The van der Waals surface area contributed by atoms with Crippen LogP contribution >= 0.6 is 22.6 Å². The van der Waals surface area contributed by atoms with Crippen molar-refractivity contribution in [3.05, 3.63) is 21.8 Å². The molecule has 0 saturated heterocycles. The highest BCUT2D eigenvalue weighted by atomic mass is 127. The molecule has 0 N–H and O–H groups in total. The quantitative estimate of drug-likeness (QED) is 0.476. The molecule has 0 fully saturated rings. The number of rotatable bonds is 2. The second kappa shape index (κ2) is 5.11. The third-order valence-corrected chi connectivity index (χ3v) is 2.08. The van der Waals surface area contributed by atoms with Crippen molar-refractivity contribution < 1.29 is 19.1 Å². The first-order valence-corrected chi connectivity index (χ1v) is 5.23. The molecule has 0 heterocycles. The van der Waals surface area contributed by atoms with Gasteiger partial charge in [0.25, 0.3) is 0 Å². The van der Waals surface area contributed by atoms with Crippen LogP contribution in [0.25, 0.3) is 0 Å². The first-order chi connectivity index (χ1) is 6.99. The van der Waals surface area contributed by atoms with Gasteiger partial charge in [-0.3, -0.25) is 9.59 Å². The molecule has 0 radical (unpaired) electrons. The van der Waals surface area contributed by atoms with E-state index in [4.69, 9.17) is 9.47 Å². The summed E-state index contributed by atoms with van der Waals surface area (Å²) in [6.45, 7) is 2.58. The van der Waals surface area contributed by atoms with Crippen LogP contribution < -0.4 is 9.47 Å². The Kier molecular flexibility index (Phi) is 4.07. The van der Waals surface area contributed by atoms with E-state index < -0.39 is 11.9 Å². The van der Waals surface area contributed by atoms with Crippen molar-refractivity contribution in [1.29, 1.82) is 0 Å². The topological polar surface area (TPSA) is 52.6 Å². The molecule has 0 aliphatic rings. The summed E-state index contributed by atoms with van der Waals surface area (Å²) in [5.41, 5.74) is 0. The monoisotopic (exact) mass is 320 g/mol. The summed E-state index contributed by atoms with van der Waals surface area (Å²) < 4.78 is 10.7. The van der Waals surface area contributed by atoms with E-state index in [1.807, 2.05) is 0 Å². The van der Waals surface area contributed by atoms with Gasteiger partial charge in [0.2, 0.25) is 0 Å². The van der Waals surface area contributed by atoms with Gasteiger partial charge in [-0.05, 0) is 40.8 Å². The molecule has 80 valence electrons. The molecule has 15 heavy (non-hydrogen) atoms. The van der Waals surface area contributed by atoms with Gasteiger partial charge in [-0.25, -0.2) is 0 Å². The van der Waals surface area contributed by atoms with Crippen LogP contribution in [0.3, 0.4) is 0 Å². The fraction of sp³-hybridized carbons (Fsp3) is 0.200. The Hall–Kier alpha value is -1.11. The SMILES string of the molecule is CC(=O)Oc1ccc(I)cc1OC(C)=O. The van der Waals surface area contributed by atoms with Crippen LogP contribution in [-0.4, -0.2) is 11.9 Å². The number of carbonyl (C=O) groups is 2. The molecule has 5 heteroatoms. The maximum Gasteiger partial charge on any atom is 0.308 e. The van der Waals surface area contributed by atoms with Gasteiger partial charge < -0.3 is 9.47 Å². The lowest BCUT2D eigenvalue weighted by Gasteiger charge is -2.08. The second-order valence-corrected chi connectivity index (χ2v) is 4.02. The molecule has 0 atom stereocenters. The first-order valence-electron chi connectivity index (χ1n) is 4.15. The highest BCUT2D eigenvalue weighted by molar-refractivity contribution is 14.1. The Morgan fingerprint density at radius 1 is 1.07 bits per heavy atom. The fourth-order valence-corrected chi connectivity index (χ4v) is 1.42. The predicted molar refractivity (Wildman–Crippen MR) is 61.8 cm³/mol. The number of ether oxygens (including phenoxy) is 2. The zero-order chi connectivity index (χ0) is 11.4. The minimum absolute atomic E-state index is 0.248. The van der Waals surface area contributed by atoms with Crippen molar-refractivity contribution in [2.75, 3.05) is 0 Å². The van der Waals surface area contributed by atoms with Gasteiger partial charge in [0.05, 0.1) is 0 Å². The van der Waals surface area contributed by atoms with Crippen molar-refractivity contribution in [3.8, 4) is 11.5 Å². The van der Waals surface area contributed by atoms with Crippen LogP contribution in [0.2, 0.25) is 0 Å². The van der Waals surface area contributed by atoms with Crippen LogP contribution in [0.4, 0.5) is 0 Å². The summed E-state index contributed by atoms with van der Waals surface area (Å²) >= 11 is 2.07. The van der Waals surface area contributed by atoms with Crippen molar-refractivity contribution in [3.63, 3.8) is 0 Å². The van der Waals surface area contributed by atoms with Gasteiger partial charge >= 0.3 is 11.9 Å². The molecule has 4 nitrogen and oxygen atoms in total. The predicted octanol–water partition coefficient (Wildman–Crippen LogP) is 2.14. The van der Waals surface area contributed by atoms with Gasteiger partial charge in [-0.15, -0.1) is 0 Å². The van der Waals surface area contributed by atoms with Crippen molar-refractivity contribution in [1.82, 2.24) is 0 Å². The van der Waals surface area contributed by atoms with E-state index in [1.165, 1.54) is 13.8 Å². The maximum atomic E-state index is 10.8. The van der Waals surface area contributed by atoms with Crippen molar-refractivity contribution >= 4 is 34.5 Å². The molecule has 0 amide bonds. The van der Waals surface area contributed by atoms with Crippen LogP contribution in [0.15, 0.2) is 18.2 Å². The lowest BCUT2D eigenvalue weighted by molar-refractivity contribution is -0.134. The standard InChI is InChI=1S/C10H9IO4/c1-6(12)14-9-4-3-8(11)5-10(9)15-7(2)13/h3-5H,1-2H3. The third kappa shape index (κ3) is 3.86. The minimum atomic E-state index is -0.454. The lowest BCUT2D eigenvalue weighted by Crippen LogP contribution is -2.07. The molecule has 1 aromatic rings. The Morgan fingerprint density at radius 2 is 1.60 bits per heavy atom. The number of esters is 2. The average molecular weight is 320 g/mol. The second-order valence-electron chi connectivity index (χ2n) is 2.78. The van der Waals surface area contributed by atoms with Crippen LogP contribution in [0.5, 0.6) is 11.5 Å². The Bertz CT molecular complexity index is 400. The van der Waals surface area contributed by atoms with Crippen molar-refractivity contribution in [2.45, 2.75) is 13.8 Å². The summed E-state index contributed by atoms with van der Waals surface area (Å²) in [7, 11) is 0. The molecule has 0 bridgehead atoms. The van der Waals surface area contributed by atoms with Crippen molar-refractivity contribution in [2.24, 2.45) is 0 Å². The van der Waals surface area contributed by atoms with E-state index in [9.17, 15) is 9.59 Å². The molecule has 1 rings (SSSR count). The molecule has 0 unspecified atom stereocenters. The van der Waals surface area contributed by atoms with Gasteiger partial charge in [-0.1, -0.05) is 0 Å². The number of hydrogen-bond donors (Lipinski definition) is 0. The van der Waals surface area contributed by atoms with E-state index in [0.717, 1.165) is 3.57 Å². The van der Waals surface area contributed by atoms with Gasteiger partial charge in [0.15, 0.2) is 11.5 Å². The number of carbonyl (C=O) groups excluding carboxylic acids is 2. The molecule has 0 aromatic heterocycles. The van der Waals surface area contributed by atoms with E-state index in [-0.39, 0.29) is 11.5 Å². The largest absolute Gasteiger partial charge is 0.423 e. The summed E-state index contributed by atoms with van der Waals surface area (Å²) in [6, 6.07) is 4.97. The van der Waals surface area contributed by atoms with E-state index in [1.54, 1.807) is 18.2 Å². The lowest BCUT2D eigenvalue weighted by atomic mass is 10.3.